The van der Waals surface area contributed by atoms with Crippen molar-refractivity contribution in [1.82, 2.24) is 9.78 Å². The summed E-state index contributed by atoms with van der Waals surface area (Å²) < 4.78 is 1.80. The lowest BCUT2D eigenvalue weighted by Crippen LogP contribution is -2.16. The normalized spacial score (nSPS) is 12.8. The Hall–Kier alpha value is -2.24. The fraction of sp³-hybridized carbons (Fsp3) is 0.200. The topological polar surface area (TPSA) is 46.9 Å². The zero-order chi connectivity index (χ0) is 17.9. The molecule has 132 valence electrons. The summed E-state index contributed by atoms with van der Waals surface area (Å²) in [6, 6.07) is 17.6. The van der Waals surface area contributed by atoms with Crippen LogP contribution in [0.4, 0.5) is 5.82 Å². The minimum atomic E-state index is -0.00303. The molecule has 2 heterocycles. The zero-order valence-electron chi connectivity index (χ0n) is 14.1. The van der Waals surface area contributed by atoms with E-state index in [0.29, 0.717) is 11.4 Å². The average Bonchev–Trinajstić information content (AvgIpc) is 3.24. The van der Waals surface area contributed by atoms with Gasteiger partial charge >= 0.3 is 0 Å². The molecule has 0 unspecified atom stereocenters. The fourth-order valence-corrected chi connectivity index (χ4v) is 4.25. The molecule has 4 nitrogen and oxygen atoms in total. The summed E-state index contributed by atoms with van der Waals surface area (Å²) in [6.45, 7) is 0. The van der Waals surface area contributed by atoms with E-state index in [4.69, 9.17) is 16.7 Å². The van der Waals surface area contributed by atoms with Crippen LogP contribution in [0.2, 0.25) is 5.02 Å². The van der Waals surface area contributed by atoms with E-state index in [2.05, 4.69) is 5.32 Å². The molecule has 0 radical (unpaired) electrons. The second-order valence-electron chi connectivity index (χ2n) is 6.19. The van der Waals surface area contributed by atoms with Crippen molar-refractivity contribution >= 4 is 35.1 Å². The van der Waals surface area contributed by atoms with Crippen molar-refractivity contribution in [3.8, 4) is 5.69 Å². The Labute approximate surface area is 161 Å². The summed E-state index contributed by atoms with van der Waals surface area (Å²) in [6.07, 6.45) is 1.15. The molecule has 0 atom stereocenters. The second kappa shape index (κ2) is 7.56. The molecule has 1 aliphatic heterocycles. The number of benzene rings is 2. The molecular formula is C20H18ClN3OS. The highest BCUT2D eigenvalue weighted by atomic mass is 35.5. The predicted molar refractivity (Wildman–Crippen MR) is 107 cm³/mol. The molecule has 1 aromatic heterocycles. The Balaban J connectivity index is 1.56. The molecule has 26 heavy (non-hydrogen) atoms. The fourth-order valence-electron chi connectivity index (χ4n) is 3.03. The highest BCUT2D eigenvalue weighted by Gasteiger charge is 2.24. The van der Waals surface area contributed by atoms with Crippen LogP contribution in [0.5, 0.6) is 0 Å². The number of rotatable bonds is 5. The number of anilines is 1. The van der Waals surface area contributed by atoms with Crippen molar-refractivity contribution in [2.45, 2.75) is 24.3 Å². The number of carbonyl (C=O) groups is 1. The van der Waals surface area contributed by atoms with E-state index in [-0.39, 0.29) is 5.91 Å². The van der Waals surface area contributed by atoms with Gasteiger partial charge in [0.15, 0.2) is 0 Å². The van der Waals surface area contributed by atoms with Gasteiger partial charge in [-0.25, -0.2) is 4.68 Å². The molecule has 2 aromatic carbocycles. The first kappa shape index (κ1) is 17.2. The van der Waals surface area contributed by atoms with Crippen molar-refractivity contribution < 1.29 is 4.79 Å². The molecule has 0 spiro atoms. The molecule has 1 N–H and O–H groups in total. The maximum Gasteiger partial charge on any atom is 0.225 e. The van der Waals surface area contributed by atoms with Gasteiger partial charge in [-0.3, -0.25) is 4.79 Å². The second-order valence-corrected chi connectivity index (χ2v) is 7.61. The van der Waals surface area contributed by atoms with Crippen LogP contribution in [0.15, 0.2) is 54.6 Å². The monoisotopic (exact) mass is 383 g/mol. The molecule has 0 fully saturated rings. The highest BCUT2D eigenvalue weighted by Crippen LogP contribution is 2.36. The Kier molecular flexibility index (Phi) is 5.00. The van der Waals surface area contributed by atoms with Crippen molar-refractivity contribution in [3.05, 3.63) is 76.4 Å². The van der Waals surface area contributed by atoms with Crippen molar-refractivity contribution in [3.63, 3.8) is 0 Å². The van der Waals surface area contributed by atoms with E-state index >= 15 is 0 Å². The lowest BCUT2D eigenvalue weighted by Gasteiger charge is -2.11. The maximum absolute atomic E-state index is 12.5. The minimum Gasteiger partial charge on any atom is -0.310 e. The number of hydrogen-bond acceptors (Lipinski definition) is 3. The molecule has 0 aliphatic carbocycles. The van der Waals surface area contributed by atoms with Crippen molar-refractivity contribution in [2.24, 2.45) is 0 Å². The maximum atomic E-state index is 12.5. The average molecular weight is 384 g/mol. The standard InChI is InChI=1S/C20H18ClN3OS/c21-15-7-4-8-16(11-15)24-20(17-12-26-13-18(17)23-24)22-19(25)10-9-14-5-2-1-3-6-14/h1-8,11H,9-10,12-13H2,(H,22,25). The first-order valence-corrected chi connectivity index (χ1v) is 10.0. The summed E-state index contributed by atoms with van der Waals surface area (Å²) in [5, 5.41) is 8.43. The Morgan fingerprint density at radius 1 is 1.15 bits per heavy atom. The van der Waals surface area contributed by atoms with Crippen molar-refractivity contribution in [2.75, 3.05) is 5.32 Å². The highest BCUT2D eigenvalue weighted by molar-refractivity contribution is 7.98. The smallest absolute Gasteiger partial charge is 0.225 e. The Morgan fingerprint density at radius 3 is 2.81 bits per heavy atom. The number of aromatic nitrogens is 2. The number of thioether (sulfide) groups is 1. The van der Waals surface area contributed by atoms with Crippen LogP contribution in [0.25, 0.3) is 5.69 Å². The predicted octanol–water partition coefficient (Wildman–Crippen LogP) is 4.84. The largest absolute Gasteiger partial charge is 0.310 e. The third kappa shape index (κ3) is 3.64. The van der Waals surface area contributed by atoms with Crippen LogP contribution >= 0.6 is 23.4 Å². The molecule has 0 saturated heterocycles. The number of fused-ring (bicyclic) bond motifs is 1. The molecule has 3 aromatic rings. The van der Waals surface area contributed by atoms with Gasteiger partial charge in [-0.05, 0) is 30.2 Å². The van der Waals surface area contributed by atoms with Crippen LogP contribution < -0.4 is 5.32 Å². The van der Waals surface area contributed by atoms with Gasteiger partial charge < -0.3 is 5.32 Å². The SMILES string of the molecule is O=C(CCc1ccccc1)Nc1c2c(nn1-c1cccc(Cl)c1)CSC2. The minimum absolute atomic E-state index is 0.00303. The van der Waals surface area contributed by atoms with Gasteiger partial charge in [-0.2, -0.15) is 16.9 Å². The van der Waals surface area contributed by atoms with Gasteiger partial charge in [-0.15, -0.1) is 0 Å². The third-order valence-corrected chi connectivity index (χ3v) is 5.55. The van der Waals surface area contributed by atoms with Gasteiger partial charge in [0.05, 0.1) is 11.4 Å². The third-order valence-electron chi connectivity index (χ3n) is 4.35. The number of carbonyl (C=O) groups excluding carboxylic acids is 1. The van der Waals surface area contributed by atoms with E-state index in [1.54, 1.807) is 4.68 Å². The van der Waals surface area contributed by atoms with E-state index in [0.717, 1.165) is 46.3 Å². The quantitative estimate of drug-likeness (QED) is 0.685. The molecule has 1 amide bonds. The first-order valence-electron chi connectivity index (χ1n) is 8.49. The van der Waals surface area contributed by atoms with Crippen LogP contribution in [-0.4, -0.2) is 15.7 Å². The zero-order valence-corrected chi connectivity index (χ0v) is 15.7. The summed E-state index contributed by atoms with van der Waals surface area (Å²) >= 11 is 7.95. The van der Waals surface area contributed by atoms with E-state index in [1.165, 1.54) is 0 Å². The molecule has 1 aliphatic rings. The molecular weight excluding hydrogens is 366 g/mol. The number of nitrogens with zero attached hydrogens (tertiary/aromatic N) is 2. The van der Waals surface area contributed by atoms with E-state index < -0.39 is 0 Å². The molecule has 0 saturated carbocycles. The Morgan fingerprint density at radius 2 is 2.00 bits per heavy atom. The van der Waals surface area contributed by atoms with Crippen LogP contribution in [0, 0.1) is 0 Å². The summed E-state index contributed by atoms with van der Waals surface area (Å²) in [5.41, 5.74) is 4.17. The summed E-state index contributed by atoms with van der Waals surface area (Å²) in [5.74, 6) is 2.50. The van der Waals surface area contributed by atoms with E-state index in [1.807, 2.05) is 66.4 Å². The first-order chi connectivity index (χ1) is 12.7. The van der Waals surface area contributed by atoms with Gasteiger partial charge in [0.2, 0.25) is 5.91 Å². The van der Waals surface area contributed by atoms with Crippen LogP contribution in [0.1, 0.15) is 23.2 Å². The lowest BCUT2D eigenvalue weighted by atomic mass is 10.1. The number of hydrogen-bond donors (Lipinski definition) is 1. The number of halogens is 1. The molecule has 4 rings (SSSR count). The number of aryl methyl sites for hydroxylation is 1. The van der Waals surface area contributed by atoms with Crippen molar-refractivity contribution in [1.29, 1.82) is 0 Å². The molecule has 0 bridgehead atoms. The summed E-state index contributed by atoms with van der Waals surface area (Å²) in [4.78, 5) is 12.5. The van der Waals surface area contributed by atoms with Crippen LogP contribution in [0.3, 0.4) is 0 Å². The van der Waals surface area contributed by atoms with Gasteiger partial charge in [0.1, 0.15) is 5.82 Å². The molecule has 6 heteroatoms. The number of amides is 1. The number of nitrogens with one attached hydrogen (secondary N) is 1. The van der Waals surface area contributed by atoms with Gasteiger partial charge in [0.25, 0.3) is 0 Å². The van der Waals surface area contributed by atoms with E-state index in [9.17, 15) is 4.79 Å². The van der Waals surface area contributed by atoms with Crippen LogP contribution in [-0.2, 0) is 22.7 Å². The van der Waals surface area contributed by atoms with Gasteiger partial charge in [-0.1, -0.05) is 48.0 Å². The Bertz CT molecular complexity index is 939. The van der Waals surface area contributed by atoms with Gasteiger partial charge in [0, 0.05) is 28.5 Å². The lowest BCUT2D eigenvalue weighted by molar-refractivity contribution is -0.116. The summed E-state index contributed by atoms with van der Waals surface area (Å²) in [7, 11) is 0.